The monoisotopic (exact) mass is 133 g/mol. The van der Waals surface area contributed by atoms with Crippen LogP contribution < -0.4 is 0 Å². The number of hydrogen-bond acceptors (Lipinski definition) is 3. The molecule has 0 saturated carbocycles. The molecule has 0 atom stereocenters. The maximum absolute atomic E-state index is 3.85. The minimum atomic E-state index is 0.728. The fourth-order valence-electron chi connectivity index (χ4n) is 0.168. The van der Waals surface area contributed by atoms with Crippen molar-refractivity contribution in [3.8, 4) is 0 Å². The SMILES string of the molecule is C=C(N=CC)SS. The van der Waals surface area contributed by atoms with Crippen LogP contribution in [0.3, 0.4) is 0 Å². The van der Waals surface area contributed by atoms with Gasteiger partial charge in [0.25, 0.3) is 0 Å². The van der Waals surface area contributed by atoms with Gasteiger partial charge in [-0.3, -0.25) is 4.99 Å². The zero-order chi connectivity index (χ0) is 5.70. The largest absolute Gasteiger partial charge is 0.254 e. The van der Waals surface area contributed by atoms with E-state index in [9.17, 15) is 0 Å². The Morgan fingerprint density at radius 1 is 2.00 bits per heavy atom. The summed E-state index contributed by atoms with van der Waals surface area (Å²) in [6.45, 7) is 5.39. The lowest BCUT2D eigenvalue weighted by Crippen LogP contribution is -1.59. The van der Waals surface area contributed by atoms with Crippen LogP contribution in [0.15, 0.2) is 16.6 Å². The highest BCUT2D eigenvalue weighted by atomic mass is 33.1. The summed E-state index contributed by atoms with van der Waals surface area (Å²) in [4.78, 5) is 3.81. The van der Waals surface area contributed by atoms with Crippen LogP contribution in [0.1, 0.15) is 6.92 Å². The van der Waals surface area contributed by atoms with Crippen molar-refractivity contribution in [2.45, 2.75) is 6.92 Å². The fourth-order valence-corrected chi connectivity index (χ4v) is 0.462. The number of rotatable bonds is 2. The molecule has 0 radical (unpaired) electrons. The summed E-state index contributed by atoms with van der Waals surface area (Å²) in [6, 6.07) is 0. The maximum atomic E-state index is 3.85. The van der Waals surface area contributed by atoms with E-state index in [1.54, 1.807) is 6.21 Å². The van der Waals surface area contributed by atoms with Gasteiger partial charge in [-0.05, 0) is 17.7 Å². The summed E-state index contributed by atoms with van der Waals surface area (Å²) in [6.07, 6.45) is 1.69. The first-order valence-corrected chi connectivity index (χ1v) is 3.67. The van der Waals surface area contributed by atoms with E-state index in [0.29, 0.717) is 0 Å². The Hall–Kier alpha value is 0.110. The van der Waals surface area contributed by atoms with Crippen LogP contribution in [-0.4, -0.2) is 6.21 Å². The smallest absolute Gasteiger partial charge is 0.0986 e. The molecule has 0 aliphatic carbocycles. The van der Waals surface area contributed by atoms with Crippen molar-refractivity contribution >= 4 is 28.7 Å². The third-order valence-corrected chi connectivity index (χ3v) is 1.33. The molecule has 0 bridgehead atoms. The first-order valence-electron chi connectivity index (χ1n) is 1.80. The lowest BCUT2D eigenvalue weighted by atomic mass is 10.9. The fraction of sp³-hybridized carbons (Fsp3) is 0.250. The summed E-state index contributed by atoms with van der Waals surface area (Å²) in [5.41, 5.74) is 0. The Balaban J connectivity index is 3.37. The normalized spacial score (nSPS) is 10.0. The Morgan fingerprint density at radius 2 is 2.57 bits per heavy atom. The van der Waals surface area contributed by atoms with Crippen LogP contribution in [-0.2, 0) is 0 Å². The molecule has 0 heterocycles. The highest BCUT2D eigenvalue weighted by Crippen LogP contribution is 2.16. The van der Waals surface area contributed by atoms with Gasteiger partial charge in [0.2, 0.25) is 0 Å². The molecule has 7 heavy (non-hydrogen) atoms. The molecule has 0 N–H and O–H groups in total. The van der Waals surface area contributed by atoms with Crippen LogP contribution in [0.4, 0.5) is 0 Å². The molecule has 1 nitrogen and oxygen atoms in total. The zero-order valence-corrected chi connectivity index (χ0v) is 5.80. The van der Waals surface area contributed by atoms with Gasteiger partial charge in [-0.2, -0.15) is 0 Å². The predicted molar refractivity (Wildman–Crippen MR) is 39.9 cm³/mol. The van der Waals surface area contributed by atoms with Gasteiger partial charge in [0, 0.05) is 6.21 Å². The topological polar surface area (TPSA) is 12.4 Å². The molecule has 0 spiro atoms. The van der Waals surface area contributed by atoms with Gasteiger partial charge in [0.05, 0.1) is 5.03 Å². The van der Waals surface area contributed by atoms with E-state index >= 15 is 0 Å². The molecular formula is C4H7NS2. The lowest BCUT2D eigenvalue weighted by molar-refractivity contribution is 1.56. The Bertz CT molecular complexity index is 87.7. The van der Waals surface area contributed by atoms with Gasteiger partial charge < -0.3 is 0 Å². The van der Waals surface area contributed by atoms with E-state index in [4.69, 9.17) is 0 Å². The lowest BCUT2D eigenvalue weighted by Gasteiger charge is -1.84. The van der Waals surface area contributed by atoms with Crippen LogP contribution in [0.5, 0.6) is 0 Å². The van der Waals surface area contributed by atoms with Crippen LogP contribution in [0.25, 0.3) is 0 Å². The van der Waals surface area contributed by atoms with Crippen molar-refractivity contribution in [3.63, 3.8) is 0 Å². The van der Waals surface area contributed by atoms with Crippen molar-refractivity contribution in [2.75, 3.05) is 0 Å². The molecule has 0 aliphatic heterocycles. The molecule has 0 unspecified atom stereocenters. The van der Waals surface area contributed by atoms with Gasteiger partial charge in [0.1, 0.15) is 0 Å². The second-order valence-corrected chi connectivity index (χ2v) is 2.07. The maximum Gasteiger partial charge on any atom is 0.0986 e. The molecule has 0 rings (SSSR count). The van der Waals surface area contributed by atoms with E-state index in [-0.39, 0.29) is 0 Å². The molecule has 0 saturated heterocycles. The molecule has 0 fully saturated rings. The minimum absolute atomic E-state index is 0.728. The third kappa shape index (κ3) is 3.95. The van der Waals surface area contributed by atoms with Crippen molar-refractivity contribution in [1.29, 1.82) is 0 Å². The summed E-state index contributed by atoms with van der Waals surface area (Å²) in [7, 11) is 1.25. The standard InChI is InChI=1S/C4H7NS2/c1-3-5-4(2)7-6/h3,6H,2H2,1H3. The molecule has 0 amide bonds. The quantitative estimate of drug-likeness (QED) is 0.346. The van der Waals surface area contributed by atoms with E-state index in [1.165, 1.54) is 10.8 Å². The second kappa shape index (κ2) is 4.27. The van der Waals surface area contributed by atoms with Gasteiger partial charge in [-0.1, -0.05) is 6.58 Å². The summed E-state index contributed by atoms with van der Waals surface area (Å²) in [5, 5.41) is 0.728. The second-order valence-electron chi connectivity index (χ2n) is 0.872. The highest BCUT2D eigenvalue weighted by Gasteiger charge is 1.77. The van der Waals surface area contributed by atoms with Crippen LogP contribution >= 0.6 is 22.5 Å². The Labute approximate surface area is 52.7 Å². The van der Waals surface area contributed by atoms with E-state index in [0.717, 1.165) is 5.03 Å². The predicted octanol–water partition coefficient (Wildman–Crippen LogP) is 2.13. The van der Waals surface area contributed by atoms with Gasteiger partial charge >= 0.3 is 0 Å². The van der Waals surface area contributed by atoms with E-state index in [2.05, 4.69) is 23.2 Å². The van der Waals surface area contributed by atoms with Crippen molar-refractivity contribution in [2.24, 2.45) is 4.99 Å². The summed E-state index contributed by atoms with van der Waals surface area (Å²) < 4.78 is 0. The van der Waals surface area contributed by atoms with Crippen molar-refractivity contribution < 1.29 is 0 Å². The highest BCUT2D eigenvalue weighted by molar-refractivity contribution is 8.70. The van der Waals surface area contributed by atoms with Gasteiger partial charge in [-0.15, -0.1) is 11.7 Å². The molecule has 40 valence electrons. The number of thiol groups is 1. The first-order chi connectivity index (χ1) is 3.31. The number of hydrogen-bond donors (Lipinski definition) is 1. The Kier molecular flexibility index (Phi) is 4.34. The Morgan fingerprint density at radius 3 is 2.71 bits per heavy atom. The van der Waals surface area contributed by atoms with Crippen molar-refractivity contribution in [1.82, 2.24) is 0 Å². The molecule has 0 aromatic carbocycles. The number of nitrogens with zero attached hydrogens (tertiary/aromatic N) is 1. The van der Waals surface area contributed by atoms with Crippen LogP contribution in [0, 0.1) is 0 Å². The molecule has 3 heteroatoms. The first kappa shape index (κ1) is 7.11. The van der Waals surface area contributed by atoms with Gasteiger partial charge in [0.15, 0.2) is 0 Å². The molecular weight excluding hydrogens is 126 g/mol. The van der Waals surface area contributed by atoms with Crippen LogP contribution in [0.2, 0.25) is 0 Å². The third-order valence-electron chi connectivity index (χ3n) is 0.378. The van der Waals surface area contributed by atoms with E-state index in [1.807, 2.05) is 6.92 Å². The molecule has 0 aromatic rings. The zero-order valence-electron chi connectivity index (χ0n) is 4.09. The van der Waals surface area contributed by atoms with E-state index < -0.39 is 0 Å². The summed E-state index contributed by atoms with van der Waals surface area (Å²) >= 11 is 3.85. The van der Waals surface area contributed by atoms with Gasteiger partial charge in [-0.25, -0.2) is 0 Å². The average Bonchev–Trinajstić information content (AvgIpc) is 1.68. The van der Waals surface area contributed by atoms with Crippen molar-refractivity contribution in [3.05, 3.63) is 11.6 Å². The molecule has 0 aromatic heterocycles. The molecule has 0 aliphatic rings. The average molecular weight is 133 g/mol. The number of aliphatic imine (C=N–C) groups is 1. The minimum Gasteiger partial charge on any atom is -0.254 e. The summed E-state index contributed by atoms with van der Waals surface area (Å²) in [5.74, 6) is 0.